The Labute approximate surface area is 140 Å². The molecule has 0 saturated heterocycles. The second-order valence-corrected chi connectivity index (χ2v) is 7.66. The topological polar surface area (TPSA) is 101 Å². The number of halogens is 1. The van der Waals surface area contributed by atoms with E-state index in [2.05, 4.69) is 5.32 Å². The molecule has 0 radical (unpaired) electrons. The molecule has 8 heteroatoms. The molecule has 1 unspecified atom stereocenters. The van der Waals surface area contributed by atoms with Gasteiger partial charge in [-0.15, -0.1) is 0 Å². The minimum Gasteiger partial charge on any atom is -0.480 e. The molecule has 0 bridgehead atoms. The lowest BCUT2D eigenvalue weighted by Crippen LogP contribution is -2.41. The van der Waals surface area contributed by atoms with E-state index < -0.39 is 27.8 Å². The number of hydrogen-bond donors (Lipinski definition) is 2. The van der Waals surface area contributed by atoms with Crippen molar-refractivity contribution in [3.8, 4) is 0 Å². The van der Waals surface area contributed by atoms with Crippen LogP contribution in [-0.2, 0) is 19.4 Å². The second-order valence-electron chi connectivity index (χ2n) is 4.78. The third kappa shape index (κ3) is 6.83. The van der Waals surface area contributed by atoms with Crippen molar-refractivity contribution in [1.29, 1.82) is 0 Å². The maximum atomic E-state index is 11.8. The highest BCUT2D eigenvalue weighted by Crippen LogP contribution is 2.16. The number of carboxylic acids is 1. The van der Waals surface area contributed by atoms with Crippen LogP contribution in [0.2, 0.25) is 5.02 Å². The molecule has 1 amide bonds. The van der Waals surface area contributed by atoms with E-state index in [9.17, 15) is 18.0 Å². The van der Waals surface area contributed by atoms with E-state index >= 15 is 0 Å². The zero-order valence-corrected chi connectivity index (χ0v) is 14.1. The highest BCUT2D eigenvalue weighted by atomic mass is 35.5. The van der Waals surface area contributed by atoms with Crippen LogP contribution in [0.25, 0.3) is 6.08 Å². The molecule has 0 saturated carbocycles. The number of benzene rings is 1. The average molecular weight is 360 g/mol. The number of rotatable bonds is 8. The van der Waals surface area contributed by atoms with Gasteiger partial charge in [0, 0.05) is 16.9 Å². The zero-order chi connectivity index (χ0) is 17.5. The van der Waals surface area contributed by atoms with Crippen LogP contribution in [0.1, 0.15) is 18.9 Å². The average Bonchev–Trinajstić information content (AvgIpc) is 2.50. The van der Waals surface area contributed by atoms with Crippen LogP contribution in [0.4, 0.5) is 0 Å². The number of carboxylic acid groups (broad SMARTS) is 1. The Balaban J connectivity index is 2.68. The molecule has 0 spiro atoms. The summed E-state index contributed by atoms with van der Waals surface area (Å²) >= 11 is 5.94. The molecule has 1 atom stereocenters. The van der Waals surface area contributed by atoms with Gasteiger partial charge in [-0.05, 0) is 24.1 Å². The molecule has 0 fully saturated rings. The number of amides is 1. The number of nitrogens with one attached hydrogen (secondary N) is 1. The summed E-state index contributed by atoms with van der Waals surface area (Å²) in [6.07, 6.45) is 2.43. The maximum absolute atomic E-state index is 11.8. The summed E-state index contributed by atoms with van der Waals surface area (Å²) in [5, 5.41) is 11.8. The lowest BCUT2D eigenvalue weighted by molar-refractivity contribution is -0.141. The molecule has 0 aromatic heterocycles. The van der Waals surface area contributed by atoms with Crippen molar-refractivity contribution >= 4 is 39.4 Å². The summed E-state index contributed by atoms with van der Waals surface area (Å²) < 4.78 is 22.9. The second kappa shape index (κ2) is 8.69. The van der Waals surface area contributed by atoms with E-state index in [1.807, 2.05) is 0 Å². The fraction of sp³-hybridized carbons (Fsp3) is 0.333. The third-order valence-electron chi connectivity index (χ3n) is 3.09. The minimum atomic E-state index is -3.29. The molecule has 0 aliphatic carbocycles. The van der Waals surface area contributed by atoms with Crippen LogP contribution in [-0.4, -0.2) is 42.9 Å². The highest BCUT2D eigenvalue weighted by Gasteiger charge is 2.21. The normalized spacial score (nSPS) is 13.0. The van der Waals surface area contributed by atoms with Crippen molar-refractivity contribution < 1.29 is 23.1 Å². The number of carbonyl (C=O) groups is 2. The number of carbonyl (C=O) groups excluding carboxylic acids is 1. The molecular weight excluding hydrogens is 342 g/mol. The Morgan fingerprint density at radius 1 is 1.35 bits per heavy atom. The number of aliphatic carboxylic acids is 1. The van der Waals surface area contributed by atoms with Crippen LogP contribution in [0.5, 0.6) is 0 Å². The SMILES string of the molecule is CCS(=O)(=O)CCC(NC(=O)/C=C/c1ccccc1Cl)C(=O)O. The van der Waals surface area contributed by atoms with Crippen molar-refractivity contribution in [2.45, 2.75) is 19.4 Å². The quantitative estimate of drug-likeness (QED) is 0.688. The Bertz CT molecular complexity index is 700. The van der Waals surface area contributed by atoms with E-state index in [0.717, 1.165) is 6.08 Å². The van der Waals surface area contributed by atoms with Crippen LogP contribution in [0.3, 0.4) is 0 Å². The molecule has 0 aliphatic rings. The van der Waals surface area contributed by atoms with Gasteiger partial charge >= 0.3 is 5.97 Å². The minimum absolute atomic E-state index is 0.0697. The molecule has 0 aliphatic heterocycles. The van der Waals surface area contributed by atoms with E-state index in [1.54, 1.807) is 24.3 Å². The van der Waals surface area contributed by atoms with Gasteiger partial charge in [-0.2, -0.15) is 0 Å². The Morgan fingerprint density at radius 3 is 2.57 bits per heavy atom. The van der Waals surface area contributed by atoms with Gasteiger partial charge in [-0.1, -0.05) is 36.7 Å². The van der Waals surface area contributed by atoms with Gasteiger partial charge in [0.25, 0.3) is 0 Å². The standard InChI is InChI=1S/C15H18ClNO5S/c1-2-23(21,22)10-9-13(15(19)20)17-14(18)8-7-11-5-3-4-6-12(11)16/h3-8,13H,2,9-10H2,1H3,(H,17,18)(H,19,20)/b8-7+. The van der Waals surface area contributed by atoms with Gasteiger partial charge in [0.15, 0.2) is 0 Å². The van der Waals surface area contributed by atoms with Crippen molar-refractivity contribution in [1.82, 2.24) is 5.32 Å². The van der Waals surface area contributed by atoms with E-state index in [-0.39, 0.29) is 17.9 Å². The molecular formula is C15H18ClNO5S. The van der Waals surface area contributed by atoms with Crippen molar-refractivity contribution in [2.24, 2.45) is 0 Å². The summed E-state index contributed by atoms with van der Waals surface area (Å²) in [6, 6.07) is 5.59. The van der Waals surface area contributed by atoms with Crippen LogP contribution < -0.4 is 5.32 Å². The van der Waals surface area contributed by atoms with Crippen LogP contribution in [0.15, 0.2) is 30.3 Å². The van der Waals surface area contributed by atoms with Crippen LogP contribution in [0, 0.1) is 0 Å². The van der Waals surface area contributed by atoms with Crippen molar-refractivity contribution in [2.75, 3.05) is 11.5 Å². The van der Waals surface area contributed by atoms with Gasteiger partial charge in [-0.3, -0.25) is 4.79 Å². The molecule has 1 aromatic rings. The third-order valence-corrected chi connectivity index (χ3v) is 5.17. The highest BCUT2D eigenvalue weighted by molar-refractivity contribution is 7.91. The van der Waals surface area contributed by atoms with Gasteiger partial charge in [0.1, 0.15) is 15.9 Å². The molecule has 23 heavy (non-hydrogen) atoms. The first-order valence-electron chi connectivity index (χ1n) is 6.91. The van der Waals surface area contributed by atoms with Gasteiger partial charge in [0.2, 0.25) is 5.91 Å². The van der Waals surface area contributed by atoms with E-state index in [0.29, 0.717) is 10.6 Å². The van der Waals surface area contributed by atoms with Crippen molar-refractivity contribution in [3.63, 3.8) is 0 Å². The van der Waals surface area contributed by atoms with E-state index in [1.165, 1.54) is 13.0 Å². The first-order chi connectivity index (χ1) is 10.7. The zero-order valence-electron chi connectivity index (χ0n) is 12.5. The first-order valence-corrected chi connectivity index (χ1v) is 9.11. The Morgan fingerprint density at radius 2 is 2.00 bits per heavy atom. The molecule has 126 valence electrons. The van der Waals surface area contributed by atoms with E-state index in [4.69, 9.17) is 16.7 Å². The maximum Gasteiger partial charge on any atom is 0.326 e. The molecule has 1 aromatic carbocycles. The lowest BCUT2D eigenvalue weighted by Gasteiger charge is -2.13. The van der Waals surface area contributed by atoms with Crippen LogP contribution >= 0.6 is 11.6 Å². The molecule has 2 N–H and O–H groups in total. The van der Waals surface area contributed by atoms with Crippen molar-refractivity contribution in [3.05, 3.63) is 40.9 Å². The predicted octanol–water partition coefficient (Wildman–Crippen LogP) is 1.75. The molecule has 0 heterocycles. The largest absolute Gasteiger partial charge is 0.480 e. The first kappa shape index (κ1) is 19.2. The van der Waals surface area contributed by atoms with Gasteiger partial charge in [0.05, 0.1) is 5.75 Å². The predicted molar refractivity (Wildman–Crippen MR) is 89.0 cm³/mol. The lowest BCUT2D eigenvalue weighted by atomic mass is 10.2. The number of sulfone groups is 1. The summed E-state index contributed by atoms with van der Waals surface area (Å²) in [4.78, 5) is 22.9. The monoisotopic (exact) mass is 359 g/mol. The molecule has 6 nitrogen and oxygen atoms in total. The fourth-order valence-corrected chi connectivity index (χ4v) is 2.78. The summed E-state index contributed by atoms with van der Waals surface area (Å²) in [5.74, 6) is -2.28. The summed E-state index contributed by atoms with van der Waals surface area (Å²) in [6.45, 7) is 1.48. The summed E-state index contributed by atoms with van der Waals surface area (Å²) in [5.41, 5.74) is 0.616. The fourth-order valence-electron chi connectivity index (χ4n) is 1.69. The summed E-state index contributed by atoms with van der Waals surface area (Å²) in [7, 11) is -3.29. The Kier molecular flexibility index (Phi) is 7.25. The molecule has 1 rings (SSSR count). The number of hydrogen-bond acceptors (Lipinski definition) is 4. The van der Waals surface area contributed by atoms with Gasteiger partial charge in [-0.25, -0.2) is 13.2 Å². The smallest absolute Gasteiger partial charge is 0.326 e. The Hall–Kier alpha value is -1.86. The van der Waals surface area contributed by atoms with Gasteiger partial charge < -0.3 is 10.4 Å².